The molecule has 1 aromatic rings. The van der Waals surface area contributed by atoms with Crippen molar-refractivity contribution in [3.63, 3.8) is 0 Å². The van der Waals surface area contributed by atoms with Gasteiger partial charge in [-0.1, -0.05) is 19.9 Å². The molecule has 0 aliphatic carbocycles. The zero-order valence-corrected chi connectivity index (χ0v) is 10.7. The van der Waals surface area contributed by atoms with Crippen molar-refractivity contribution < 1.29 is 0 Å². The van der Waals surface area contributed by atoms with Crippen LogP contribution in [0.3, 0.4) is 0 Å². The number of nitrogens with one attached hydrogen (secondary N) is 1. The smallest absolute Gasteiger partial charge is 0.140 e. The van der Waals surface area contributed by atoms with Crippen molar-refractivity contribution in [3.05, 3.63) is 23.9 Å². The molecule has 0 spiro atoms. The second-order valence-corrected chi connectivity index (χ2v) is 5.08. The summed E-state index contributed by atoms with van der Waals surface area (Å²) in [6.45, 7) is 6.71. The number of hydrazine groups is 1. The van der Waals surface area contributed by atoms with Crippen molar-refractivity contribution in [2.45, 2.75) is 39.3 Å². The number of likely N-dealkylation sites (tertiary alicyclic amines) is 1. The zero-order valence-electron chi connectivity index (χ0n) is 10.7. The van der Waals surface area contributed by atoms with Crippen molar-refractivity contribution in [2.24, 2.45) is 11.8 Å². The number of hydrogen-bond acceptors (Lipinski definition) is 4. The minimum atomic E-state index is 0.700. The van der Waals surface area contributed by atoms with E-state index >= 15 is 0 Å². The summed E-state index contributed by atoms with van der Waals surface area (Å²) >= 11 is 0. The first-order chi connectivity index (χ1) is 8.20. The summed E-state index contributed by atoms with van der Waals surface area (Å²) in [5.74, 6) is 6.83. The minimum absolute atomic E-state index is 0.700. The first-order valence-electron chi connectivity index (χ1n) is 6.37. The van der Waals surface area contributed by atoms with Crippen molar-refractivity contribution in [3.8, 4) is 0 Å². The van der Waals surface area contributed by atoms with Crippen LogP contribution >= 0.6 is 0 Å². The molecule has 0 saturated carbocycles. The SMILES string of the molecule is CC(C)C1CCCN1Cc1cccc(NN)n1. The van der Waals surface area contributed by atoms with Gasteiger partial charge in [-0.2, -0.15) is 0 Å². The van der Waals surface area contributed by atoms with Gasteiger partial charge in [-0.05, 0) is 37.4 Å². The van der Waals surface area contributed by atoms with E-state index in [4.69, 9.17) is 5.84 Å². The molecule has 1 aliphatic rings. The van der Waals surface area contributed by atoms with E-state index in [1.165, 1.54) is 19.4 Å². The van der Waals surface area contributed by atoms with Crippen LogP contribution in [0.1, 0.15) is 32.4 Å². The lowest BCUT2D eigenvalue weighted by molar-refractivity contribution is 0.197. The first-order valence-corrected chi connectivity index (χ1v) is 6.37. The van der Waals surface area contributed by atoms with Crippen molar-refractivity contribution >= 4 is 5.82 Å². The zero-order chi connectivity index (χ0) is 12.3. The predicted octanol–water partition coefficient (Wildman–Crippen LogP) is 1.99. The minimum Gasteiger partial charge on any atom is -0.308 e. The molecule has 0 amide bonds. The molecule has 2 heterocycles. The van der Waals surface area contributed by atoms with E-state index in [9.17, 15) is 0 Å². The van der Waals surface area contributed by atoms with Crippen LogP contribution in [0, 0.1) is 5.92 Å². The molecule has 1 unspecified atom stereocenters. The van der Waals surface area contributed by atoms with E-state index in [2.05, 4.69) is 35.2 Å². The Labute approximate surface area is 103 Å². The molecule has 4 nitrogen and oxygen atoms in total. The summed E-state index contributed by atoms with van der Waals surface area (Å²) < 4.78 is 0. The second-order valence-electron chi connectivity index (χ2n) is 5.08. The Morgan fingerprint density at radius 1 is 1.53 bits per heavy atom. The summed E-state index contributed by atoms with van der Waals surface area (Å²) in [5, 5.41) is 0. The average Bonchev–Trinajstić information content (AvgIpc) is 2.77. The lowest BCUT2D eigenvalue weighted by atomic mass is 10.0. The molecular weight excluding hydrogens is 212 g/mol. The summed E-state index contributed by atoms with van der Waals surface area (Å²) in [5.41, 5.74) is 3.69. The van der Waals surface area contributed by atoms with Gasteiger partial charge in [-0.3, -0.25) is 4.90 Å². The van der Waals surface area contributed by atoms with Crippen LogP contribution in [-0.2, 0) is 6.54 Å². The molecule has 1 aromatic heterocycles. The highest BCUT2D eigenvalue weighted by Gasteiger charge is 2.26. The van der Waals surface area contributed by atoms with E-state index in [1.807, 2.05) is 12.1 Å². The van der Waals surface area contributed by atoms with Gasteiger partial charge >= 0.3 is 0 Å². The van der Waals surface area contributed by atoms with Gasteiger partial charge in [0.05, 0.1) is 5.69 Å². The Kier molecular flexibility index (Phi) is 3.97. The van der Waals surface area contributed by atoms with Gasteiger partial charge in [0.1, 0.15) is 5.82 Å². The predicted molar refractivity (Wildman–Crippen MR) is 70.3 cm³/mol. The molecular formula is C13H22N4. The Balaban J connectivity index is 2.04. The average molecular weight is 234 g/mol. The van der Waals surface area contributed by atoms with Crippen LogP contribution in [0.2, 0.25) is 0 Å². The highest BCUT2D eigenvalue weighted by molar-refractivity contribution is 5.33. The second kappa shape index (κ2) is 5.47. The third-order valence-corrected chi connectivity index (χ3v) is 3.50. The fourth-order valence-corrected chi connectivity index (χ4v) is 2.66. The van der Waals surface area contributed by atoms with E-state index < -0.39 is 0 Å². The number of hydrogen-bond donors (Lipinski definition) is 2. The molecule has 94 valence electrons. The number of nitrogens with two attached hydrogens (primary N) is 1. The number of nitrogens with zero attached hydrogens (tertiary/aromatic N) is 2. The first kappa shape index (κ1) is 12.3. The van der Waals surface area contributed by atoms with E-state index in [1.54, 1.807) is 0 Å². The lowest BCUT2D eigenvalue weighted by Crippen LogP contribution is -2.33. The Hall–Kier alpha value is -1.13. The third kappa shape index (κ3) is 2.96. The highest BCUT2D eigenvalue weighted by atomic mass is 15.3. The maximum atomic E-state index is 5.38. The molecule has 4 heteroatoms. The van der Waals surface area contributed by atoms with Crippen molar-refractivity contribution in [1.82, 2.24) is 9.88 Å². The van der Waals surface area contributed by atoms with Gasteiger partial charge < -0.3 is 5.43 Å². The Bertz CT molecular complexity index is 364. The Morgan fingerprint density at radius 3 is 3.06 bits per heavy atom. The van der Waals surface area contributed by atoms with Gasteiger partial charge in [0.25, 0.3) is 0 Å². The summed E-state index contributed by atoms with van der Waals surface area (Å²) in [6, 6.07) is 6.65. The topological polar surface area (TPSA) is 54.2 Å². The fraction of sp³-hybridized carbons (Fsp3) is 0.615. The quantitative estimate of drug-likeness (QED) is 0.618. The van der Waals surface area contributed by atoms with Crippen LogP contribution in [0.15, 0.2) is 18.2 Å². The van der Waals surface area contributed by atoms with Crippen LogP contribution < -0.4 is 11.3 Å². The molecule has 1 aliphatic heterocycles. The largest absolute Gasteiger partial charge is 0.308 e. The summed E-state index contributed by atoms with van der Waals surface area (Å²) in [7, 11) is 0. The molecule has 1 saturated heterocycles. The monoisotopic (exact) mass is 234 g/mol. The number of rotatable bonds is 4. The van der Waals surface area contributed by atoms with Gasteiger partial charge in [0.15, 0.2) is 0 Å². The maximum absolute atomic E-state index is 5.38. The molecule has 0 bridgehead atoms. The van der Waals surface area contributed by atoms with Gasteiger partial charge in [-0.15, -0.1) is 0 Å². The number of aromatic nitrogens is 1. The third-order valence-electron chi connectivity index (χ3n) is 3.50. The van der Waals surface area contributed by atoms with E-state index in [0.717, 1.165) is 18.1 Å². The summed E-state index contributed by atoms with van der Waals surface area (Å²) in [6.07, 6.45) is 2.62. The fourth-order valence-electron chi connectivity index (χ4n) is 2.66. The van der Waals surface area contributed by atoms with E-state index in [-0.39, 0.29) is 0 Å². The van der Waals surface area contributed by atoms with Crippen LogP contribution in [-0.4, -0.2) is 22.5 Å². The maximum Gasteiger partial charge on any atom is 0.140 e. The molecule has 1 fully saturated rings. The number of pyridine rings is 1. The molecule has 0 radical (unpaired) electrons. The van der Waals surface area contributed by atoms with Crippen molar-refractivity contribution in [1.29, 1.82) is 0 Å². The number of nitrogen functional groups attached to an aromatic ring is 1. The molecule has 17 heavy (non-hydrogen) atoms. The normalized spacial score (nSPS) is 21.1. The standard InChI is InChI=1S/C13H22N4/c1-10(2)12-6-4-8-17(12)9-11-5-3-7-13(15-11)16-14/h3,5,7,10,12H,4,6,8-9,14H2,1-2H3,(H,15,16). The molecule has 1 atom stereocenters. The summed E-state index contributed by atoms with van der Waals surface area (Å²) in [4.78, 5) is 7.01. The van der Waals surface area contributed by atoms with Gasteiger partial charge in [0, 0.05) is 12.6 Å². The van der Waals surface area contributed by atoms with Gasteiger partial charge in [-0.25, -0.2) is 10.8 Å². The van der Waals surface area contributed by atoms with Crippen LogP contribution in [0.5, 0.6) is 0 Å². The highest BCUT2D eigenvalue weighted by Crippen LogP contribution is 2.25. The Morgan fingerprint density at radius 2 is 2.35 bits per heavy atom. The van der Waals surface area contributed by atoms with Gasteiger partial charge in [0.2, 0.25) is 0 Å². The van der Waals surface area contributed by atoms with Crippen molar-refractivity contribution in [2.75, 3.05) is 12.0 Å². The molecule has 0 aromatic carbocycles. The molecule has 3 N–H and O–H groups in total. The number of anilines is 1. The van der Waals surface area contributed by atoms with Crippen LogP contribution in [0.4, 0.5) is 5.82 Å². The lowest BCUT2D eigenvalue weighted by Gasteiger charge is -2.27. The molecule has 2 rings (SSSR count). The van der Waals surface area contributed by atoms with E-state index in [0.29, 0.717) is 12.0 Å². The van der Waals surface area contributed by atoms with Crippen LogP contribution in [0.25, 0.3) is 0 Å².